The molecule has 0 spiro atoms. The predicted octanol–water partition coefficient (Wildman–Crippen LogP) is 6.79. The largest absolute Gasteiger partial charge is 0.507 e. The SMILES string of the molecule is CCCSc1nnc2c(n1)O[C@H](c1cc(C(C)(C)C)c(O)c(C(C)(C)C)c1)N(C(C)=O)c1ccccc1-2. The highest BCUT2D eigenvalue weighted by Crippen LogP contribution is 2.46. The number of rotatable bonds is 4. The zero-order valence-corrected chi connectivity index (χ0v) is 23.7. The number of para-hydroxylation sites is 1. The molecule has 1 aromatic heterocycles. The third kappa shape index (κ3) is 5.30. The number of aromatic hydroxyl groups is 1. The van der Waals surface area contributed by atoms with Crippen molar-refractivity contribution in [1.82, 2.24) is 15.2 Å². The normalized spacial score (nSPS) is 15.5. The van der Waals surface area contributed by atoms with Crippen LogP contribution < -0.4 is 9.64 Å². The average molecular weight is 521 g/mol. The number of phenols is 1. The maximum atomic E-state index is 13.2. The number of phenolic OH excluding ortho intramolecular Hbond substituents is 1. The first kappa shape index (κ1) is 26.9. The molecule has 0 fully saturated rings. The van der Waals surface area contributed by atoms with Crippen molar-refractivity contribution in [2.75, 3.05) is 10.7 Å². The second kappa shape index (κ2) is 9.97. The van der Waals surface area contributed by atoms with Gasteiger partial charge in [-0.2, -0.15) is 4.98 Å². The van der Waals surface area contributed by atoms with Gasteiger partial charge in [-0.1, -0.05) is 78.4 Å². The van der Waals surface area contributed by atoms with Gasteiger partial charge >= 0.3 is 0 Å². The van der Waals surface area contributed by atoms with Gasteiger partial charge in [0.05, 0.1) is 5.69 Å². The number of ether oxygens (including phenoxy) is 1. The molecule has 4 rings (SSSR count). The number of amides is 1. The molecule has 0 radical (unpaired) electrons. The van der Waals surface area contributed by atoms with Crippen molar-refractivity contribution in [3.63, 3.8) is 0 Å². The van der Waals surface area contributed by atoms with Crippen LogP contribution in [0.2, 0.25) is 0 Å². The minimum absolute atomic E-state index is 0.179. The summed E-state index contributed by atoms with van der Waals surface area (Å²) >= 11 is 1.52. The zero-order chi connectivity index (χ0) is 27.1. The van der Waals surface area contributed by atoms with Gasteiger partial charge in [-0.15, -0.1) is 10.2 Å². The Hall–Kier alpha value is -3.13. The molecule has 0 saturated heterocycles. The lowest BCUT2D eigenvalue weighted by Crippen LogP contribution is -2.36. The number of thioether (sulfide) groups is 1. The highest BCUT2D eigenvalue weighted by molar-refractivity contribution is 7.99. The Morgan fingerprint density at radius 1 is 1.05 bits per heavy atom. The van der Waals surface area contributed by atoms with Crippen LogP contribution in [0.5, 0.6) is 11.6 Å². The van der Waals surface area contributed by atoms with E-state index in [0.717, 1.165) is 34.4 Å². The fraction of sp³-hybridized carbons (Fsp3) is 0.448. The standard InChI is InChI=1S/C29H36N4O3S/c1-9-14-37-27-30-25-23(31-32-27)19-12-10-11-13-22(19)33(17(2)34)26(36-25)18-15-20(28(3,4)5)24(35)21(16-18)29(6,7)8/h10-13,15-16,26,35H,9,14H2,1-8H3/t26-/m1/s1. The third-order valence-corrected chi connectivity index (χ3v) is 7.36. The number of carbonyl (C=O) groups is 1. The van der Waals surface area contributed by atoms with Crippen LogP contribution >= 0.6 is 11.8 Å². The van der Waals surface area contributed by atoms with Gasteiger partial charge in [-0.3, -0.25) is 9.69 Å². The number of fused-ring (bicyclic) bond motifs is 3. The van der Waals surface area contributed by atoms with Crippen LogP contribution in [0.25, 0.3) is 11.3 Å². The van der Waals surface area contributed by atoms with E-state index in [4.69, 9.17) is 9.72 Å². The van der Waals surface area contributed by atoms with Crippen molar-refractivity contribution in [1.29, 1.82) is 0 Å². The van der Waals surface area contributed by atoms with Gasteiger partial charge in [0.1, 0.15) is 5.75 Å². The van der Waals surface area contributed by atoms with Crippen LogP contribution in [0, 0.1) is 0 Å². The van der Waals surface area contributed by atoms with Crippen molar-refractivity contribution in [3.05, 3.63) is 53.1 Å². The van der Waals surface area contributed by atoms with E-state index >= 15 is 0 Å². The Balaban J connectivity index is 2.00. The molecule has 0 saturated carbocycles. The van der Waals surface area contributed by atoms with Gasteiger partial charge in [0.2, 0.25) is 23.2 Å². The van der Waals surface area contributed by atoms with Crippen LogP contribution in [0.4, 0.5) is 5.69 Å². The summed E-state index contributed by atoms with van der Waals surface area (Å²) in [5.74, 6) is 1.29. The summed E-state index contributed by atoms with van der Waals surface area (Å²) < 4.78 is 6.59. The molecule has 0 unspecified atom stereocenters. The molecule has 1 aliphatic rings. The Kier molecular flexibility index (Phi) is 7.25. The molecule has 8 heteroatoms. The fourth-order valence-electron chi connectivity index (χ4n) is 4.47. The summed E-state index contributed by atoms with van der Waals surface area (Å²) in [6.45, 7) is 16.0. The smallest absolute Gasteiger partial charge is 0.247 e. The van der Waals surface area contributed by atoms with E-state index in [-0.39, 0.29) is 22.5 Å². The van der Waals surface area contributed by atoms with E-state index in [2.05, 4.69) is 58.7 Å². The highest BCUT2D eigenvalue weighted by atomic mass is 32.2. The molecule has 1 amide bonds. The van der Waals surface area contributed by atoms with Gasteiger partial charge < -0.3 is 9.84 Å². The summed E-state index contributed by atoms with van der Waals surface area (Å²) in [6.07, 6.45) is 0.164. The van der Waals surface area contributed by atoms with Crippen molar-refractivity contribution < 1.29 is 14.6 Å². The van der Waals surface area contributed by atoms with Crippen molar-refractivity contribution in [3.8, 4) is 22.9 Å². The lowest BCUT2D eigenvalue weighted by atomic mass is 9.78. The predicted molar refractivity (Wildman–Crippen MR) is 148 cm³/mol. The molecule has 2 heterocycles. The number of hydrogen-bond donors (Lipinski definition) is 1. The average Bonchev–Trinajstić information content (AvgIpc) is 2.95. The van der Waals surface area contributed by atoms with E-state index in [9.17, 15) is 9.90 Å². The molecule has 1 aliphatic heterocycles. The number of nitrogens with zero attached hydrogens (tertiary/aromatic N) is 4. The first-order chi connectivity index (χ1) is 17.3. The second-order valence-electron chi connectivity index (χ2n) is 11.4. The Bertz CT molecular complexity index is 1290. The Morgan fingerprint density at radius 3 is 2.24 bits per heavy atom. The first-order valence-corrected chi connectivity index (χ1v) is 13.6. The number of anilines is 1. The summed E-state index contributed by atoms with van der Waals surface area (Å²) in [7, 11) is 0. The summed E-state index contributed by atoms with van der Waals surface area (Å²) in [5.41, 5.74) is 3.56. The summed E-state index contributed by atoms with van der Waals surface area (Å²) in [6, 6.07) is 11.5. The molecule has 3 aromatic rings. The second-order valence-corrected chi connectivity index (χ2v) is 12.5. The van der Waals surface area contributed by atoms with Crippen LogP contribution in [0.15, 0.2) is 41.6 Å². The zero-order valence-electron chi connectivity index (χ0n) is 22.9. The third-order valence-electron chi connectivity index (χ3n) is 6.32. The van der Waals surface area contributed by atoms with Gasteiger partial charge in [-0.05, 0) is 35.4 Å². The Labute approximate surface area is 223 Å². The van der Waals surface area contributed by atoms with Crippen molar-refractivity contribution in [2.24, 2.45) is 0 Å². The number of aromatic nitrogens is 3. The number of carbonyl (C=O) groups excluding carboxylic acids is 1. The minimum atomic E-state index is -0.816. The lowest BCUT2D eigenvalue weighted by Gasteiger charge is -2.33. The molecule has 0 aliphatic carbocycles. The first-order valence-electron chi connectivity index (χ1n) is 12.6. The molecular weight excluding hydrogens is 484 g/mol. The molecule has 0 bridgehead atoms. The maximum Gasteiger partial charge on any atom is 0.247 e. The van der Waals surface area contributed by atoms with E-state index in [1.807, 2.05) is 36.4 Å². The maximum absolute atomic E-state index is 13.2. The number of benzene rings is 2. The highest BCUT2D eigenvalue weighted by Gasteiger charge is 2.37. The molecular formula is C29H36N4O3S. The van der Waals surface area contributed by atoms with Gasteiger partial charge in [0.25, 0.3) is 0 Å². The van der Waals surface area contributed by atoms with Crippen molar-refractivity contribution >= 4 is 23.4 Å². The van der Waals surface area contributed by atoms with Crippen LogP contribution in [-0.4, -0.2) is 31.9 Å². The van der Waals surface area contributed by atoms with E-state index < -0.39 is 6.23 Å². The number of hydrogen-bond acceptors (Lipinski definition) is 7. The van der Waals surface area contributed by atoms with E-state index in [1.165, 1.54) is 18.7 Å². The molecule has 196 valence electrons. The van der Waals surface area contributed by atoms with Gasteiger partial charge in [0.15, 0.2) is 5.69 Å². The fourth-order valence-corrected chi connectivity index (χ4v) is 5.10. The quantitative estimate of drug-likeness (QED) is 0.379. The van der Waals surface area contributed by atoms with Crippen LogP contribution in [0.3, 0.4) is 0 Å². The van der Waals surface area contributed by atoms with E-state index in [1.54, 1.807) is 4.90 Å². The molecule has 2 aromatic carbocycles. The van der Waals surface area contributed by atoms with Gasteiger partial charge in [0, 0.05) is 34.9 Å². The molecule has 37 heavy (non-hydrogen) atoms. The van der Waals surface area contributed by atoms with Crippen molar-refractivity contribution in [2.45, 2.75) is 84.0 Å². The van der Waals surface area contributed by atoms with Crippen LogP contribution in [-0.2, 0) is 15.6 Å². The molecule has 7 nitrogen and oxygen atoms in total. The monoisotopic (exact) mass is 520 g/mol. The Morgan fingerprint density at radius 2 is 1.68 bits per heavy atom. The van der Waals surface area contributed by atoms with Crippen LogP contribution in [0.1, 0.15) is 84.7 Å². The molecule has 1 N–H and O–H groups in total. The minimum Gasteiger partial charge on any atom is -0.507 e. The van der Waals surface area contributed by atoms with Gasteiger partial charge in [-0.25, -0.2) is 0 Å². The molecule has 1 atom stereocenters. The van der Waals surface area contributed by atoms with E-state index in [0.29, 0.717) is 22.4 Å². The summed E-state index contributed by atoms with van der Waals surface area (Å²) in [5, 5.41) is 20.6. The topological polar surface area (TPSA) is 88.4 Å². The summed E-state index contributed by atoms with van der Waals surface area (Å²) in [4.78, 5) is 19.6. The lowest BCUT2D eigenvalue weighted by molar-refractivity contribution is -0.118.